The van der Waals surface area contributed by atoms with Crippen LogP contribution in [0.15, 0.2) is 36.4 Å². The molecule has 198 valence electrons. The van der Waals surface area contributed by atoms with E-state index in [9.17, 15) is 20.2 Å². The van der Waals surface area contributed by atoms with Gasteiger partial charge in [0.15, 0.2) is 29.3 Å². The Morgan fingerprint density at radius 1 is 0.757 bits per heavy atom. The topological polar surface area (TPSA) is 142 Å². The van der Waals surface area contributed by atoms with Crippen molar-refractivity contribution in [2.24, 2.45) is 5.92 Å². The predicted molar refractivity (Wildman–Crippen MR) is 130 cm³/mol. The van der Waals surface area contributed by atoms with E-state index in [1.54, 1.807) is 0 Å². The molecule has 1 fully saturated rings. The van der Waals surface area contributed by atoms with Gasteiger partial charge in [-0.3, -0.25) is 20.2 Å². The van der Waals surface area contributed by atoms with E-state index in [0.717, 1.165) is 19.3 Å². The first-order chi connectivity index (χ1) is 17.8. The summed E-state index contributed by atoms with van der Waals surface area (Å²) < 4.78 is 33.9. The van der Waals surface area contributed by atoms with E-state index in [2.05, 4.69) is 0 Å². The summed E-state index contributed by atoms with van der Waals surface area (Å²) in [7, 11) is 5.56. The quantitative estimate of drug-likeness (QED) is 0.252. The van der Waals surface area contributed by atoms with Crippen molar-refractivity contribution in [3.63, 3.8) is 0 Å². The fourth-order valence-corrected chi connectivity index (χ4v) is 4.74. The predicted octanol–water partition coefficient (Wildman–Crippen LogP) is 5.05. The van der Waals surface area contributed by atoms with Crippen molar-refractivity contribution in [1.82, 2.24) is 0 Å². The molecule has 2 aromatic rings. The summed E-state index contributed by atoms with van der Waals surface area (Å²) in [6.45, 7) is 0. The molecular formula is C25H28N2O10. The van der Waals surface area contributed by atoms with Crippen molar-refractivity contribution >= 4 is 11.4 Å². The highest BCUT2D eigenvalue weighted by Crippen LogP contribution is 2.52. The minimum absolute atomic E-state index is 0.125. The third-order valence-corrected chi connectivity index (χ3v) is 6.55. The van der Waals surface area contributed by atoms with E-state index < -0.39 is 28.3 Å². The molecule has 1 unspecified atom stereocenters. The number of rotatable bonds is 9. The van der Waals surface area contributed by atoms with E-state index in [4.69, 9.17) is 28.4 Å². The van der Waals surface area contributed by atoms with Crippen LogP contribution in [-0.4, -0.2) is 44.6 Å². The van der Waals surface area contributed by atoms with Crippen molar-refractivity contribution in [3.8, 4) is 23.0 Å². The zero-order valence-corrected chi connectivity index (χ0v) is 20.9. The Morgan fingerprint density at radius 2 is 1.19 bits per heavy atom. The molecule has 1 aliphatic heterocycles. The molecule has 1 aliphatic carbocycles. The Hall–Kier alpha value is -3.90. The maximum Gasteiger partial charge on any atom is 0.279 e. The zero-order chi connectivity index (χ0) is 26.7. The maximum absolute atomic E-state index is 12.1. The second-order valence-electron chi connectivity index (χ2n) is 8.55. The van der Waals surface area contributed by atoms with Crippen LogP contribution in [0.25, 0.3) is 0 Å². The van der Waals surface area contributed by atoms with Gasteiger partial charge in [-0.05, 0) is 31.4 Å². The lowest BCUT2D eigenvalue weighted by Crippen LogP contribution is -2.21. The fourth-order valence-electron chi connectivity index (χ4n) is 4.74. The summed E-state index contributed by atoms with van der Waals surface area (Å²) in [5.41, 5.74) is -0.309. The van der Waals surface area contributed by atoms with E-state index in [0.29, 0.717) is 0 Å². The van der Waals surface area contributed by atoms with Crippen LogP contribution >= 0.6 is 0 Å². The van der Waals surface area contributed by atoms with Crippen LogP contribution in [-0.2, 0) is 9.47 Å². The molecule has 3 atom stereocenters. The summed E-state index contributed by atoms with van der Waals surface area (Å²) in [5.74, 6) is 0.691. The van der Waals surface area contributed by atoms with Gasteiger partial charge in [-0.15, -0.1) is 0 Å². The van der Waals surface area contributed by atoms with Gasteiger partial charge in [-0.2, -0.15) is 0 Å². The summed E-state index contributed by atoms with van der Waals surface area (Å²) in [6.07, 6.45) is 3.72. The van der Waals surface area contributed by atoms with Gasteiger partial charge in [-0.25, -0.2) is 0 Å². The number of benzene rings is 2. The molecule has 0 radical (unpaired) electrons. The van der Waals surface area contributed by atoms with Crippen LogP contribution in [0.5, 0.6) is 23.0 Å². The van der Waals surface area contributed by atoms with Crippen LogP contribution in [0.4, 0.5) is 11.4 Å². The molecule has 0 bridgehead atoms. The molecular weight excluding hydrogens is 488 g/mol. The van der Waals surface area contributed by atoms with Crippen LogP contribution in [0.2, 0.25) is 0 Å². The van der Waals surface area contributed by atoms with Crippen molar-refractivity contribution < 1.29 is 38.3 Å². The average molecular weight is 517 g/mol. The molecule has 2 aromatic carbocycles. The third-order valence-electron chi connectivity index (χ3n) is 6.55. The Morgan fingerprint density at radius 3 is 1.54 bits per heavy atom. The normalized spacial score (nSPS) is 21.5. The van der Waals surface area contributed by atoms with Crippen LogP contribution < -0.4 is 18.9 Å². The van der Waals surface area contributed by atoms with Crippen LogP contribution in [0.1, 0.15) is 42.6 Å². The molecule has 37 heavy (non-hydrogen) atoms. The first kappa shape index (κ1) is 26.2. The molecule has 1 saturated heterocycles. The minimum Gasteiger partial charge on any atom is -0.493 e. The summed E-state index contributed by atoms with van der Waals surface area (Å²) in [4.78, 5) is 23.1. The molecule has 0 aromatic heterocycles. The Bertz CT molecular complexity index is 1130. The molecule has 0 N–H and O–H groups in total. The van der Waals surface area contributed by atoms with Gasteiger partial charge < -0.3 is 28.4 Å². The van der Waals surface area contributed by atoms with Crippen molar-refractivity contribution in [2.45, 2.75) is 37.8 Å². The summed E-state index contributed by atoms with van der Waals surface area (Å²) in [5, 5.41) is 24.2. The average Bonchev–Trinajstić information content (AvgIpc) is 3.37. The third kappa shape index (κ3) is 5.02. The highest BCUT2D eigenvalue weighted by atomic mass is 16.7. The number of hydrogen-bond acceptors (Lipinski definition) is 10. The van der Waals surface area contributed by atoms with Crippen molar-refractivity contribution in [1.29, 1.82) is 0 Å². The molecule has 12 heteroatoms. The lowest BCUT2D eigenvalue weighted by Gasteiger charge is -2.22. The van der Waals surface area contributed by atoms with Gasteiger partial charge in [0.1, 0.15) is 12.2 Å². The Labute approximate surface area is 213 Å². The van der Waals surface area contributed by atoms with E-state index >= 15 is 0 Å². The Balaban J connectivity index is 1.91. The van der Waals surface area contributed by atoms with Crippen LogP contribution in [0, 0.1) is 26.1 Å². The number of nitrogens with zero attached hydrogens (tertiary/aromatic N) is 2. The van der Waals surface area contributed by atoms with Gasteiger partial charge in [0.25, 0.3) is 11.4 Å². The molecule has 2 aliphatic rings. The summed E-state index contributed by atoms with van der Waals surface area (Å²) in [6, 6.07) is 5.38. The largest absolute Gasteiger partial charge is 0.493 e. The second-order valence-corrected chi connectivity index (χ2v) is 8.55. The number of nitro groups is 2. The Kier molecular flexibility index (Phi) is 7.79. The summed E-state index contributed by atoms with van der Waals surface area (Å²) >= 11 is 0. The van der Waals surface area contributed by atoms with E-state index in [-0.39, 0.29) is 51.4 Å². The van der Waals surface area contributed by atoms with Gasteiger partial charge in [-0.1, -0.05) is 12.2 Å². The lowest BCUT2D eigenvalue weighted by atomic mass is 9.95. The monoisotopic (exact) mass is 516 g/mol. The highest BCUT2D eigenvalue weighted by molar-refractivity contribution is 5.58. The van der Waals surface area contributed by atoms with Gasteiger partial charge in [0, 0.05) is 5.92 Å². The minimum atomic E-state index is -1.07. The van der Waals surface area contributed by atoms with Gasteiger partial charge in [0.2, 0.25) is 0 Å². The second kappa shape index (κ2) is 11.0. The number of methoxy groups -OCH3 is 4. The molecule has 4 rings (SSSR count). The smallest absolute Gasteiger partial charge is 0.279 e. The SMILES string of the molecule is COc1cc([C@H]2OC(C3C=CCCC3)O[C@@H]2c2cc(OC)c(OC)cc2[N+](=O)[O-])c([N+](=O)[O-])cc1OC. The van der Waals surface area contributed by atoms with Crippen LogP contribution in [0.3, 0.4) is 0 Å². The number of nitro benzene ring substituents is 2. The fraction of sp³-hybridized carbons (Fsp3) is 0.440. The van der Waals surface area contributed by atoms with Crippen molar-refractivity contribution in [2.75, 3.05) is 28.4 Å². The van der Waals surface area contributed by atoms with Gasteiger partial charge in [0.05, 0.1) is 61.5 Å². The molecule has 0 amide bonds. The maximum atomic E-state index is 12.1. The standard InChI is InChI=1S/C25H28N2O10/c1-32-19-10-15(17(26(28)29)12-21(19)34-3)23-24(37-25(36-23)14-8-6-5-7-9-14)16-11-20(33-2)22(35-4)13-18(16)27(30)31/h6,8,10-14,23-25H,5,7,9H2,1-4H3/t14?,23-,24-/m1/s1. The number of hydrogen-bond donors (Lipinski definition) is 0. The molecule has 1 heterocycles. The van der Waals surface area contributed by atoms with E-state index in [1.807, 2.05) is 12.2 Å². The molecule has 0 saturated carbocycles. The first-order valence-electron chi connectivity index (χ1n) is 11.6. The molecule has 0 spiro atoms. The van der Waals surface area contributed by atoms with Gasteiger partial charge >= 0.3 is 0 Å². The first-order valence-corrected chi connectivity index (χ1v) is 11.6. The highest BCUT2D eigenvalue weighted by Gasteiger charge is 2.47. The zero-order valence-electron chi connectivity index (χ0n) is 20.9. The number of ether oxygens (including phenoxy) is 6. The number of allylic oxidation sites excluding steroid dienone is 1. The lowest BCUT2D eigenvalue weighted by molar-refractivity contribution is -0.387. The van der Waals surface area contributed by atoms with E-state index in [1.165, 1.54) is 52.7 Å². The molecule has 12 nitrogen and oxygen atoms in total. The van der Waals surface area contributed by atoms with Crippen molar-refractivity contribution in [3.05, 3.63) is 67.8 Å².